The third-order valence-corrected chi connectivity index (χ3v) is 2.43. The molecule has 0 radical (unpaired) electrons. The largest absolute Gasteiger partial charge is 0.494 e. The second-order valence-corrected chi connectivity index (χ2v) is 3.63. The van der Waals surface area contributed by atoms with E-state index in [4.69, 9.17) is 10.5 Å². The average Bonchev–Trinajstić information content (AvgIpc) is 2.39. The van der Waals surface area contributed by atoms with Crippen molar-refractivity contribution in [1.82, 2.24) is 9.97 Å². The number of aromatic nitrogens is 2. The molecule has 0 aliphatic rings. The van der Waals surface area contributed by atoms with E-state index < -0.39 is 5.82 Å². The summed E-state index contributed by atoms with van der Waals surface area (Å²) >= 11 is 0. The molecule has 1 aromatic carbocycles. The third-order valence-electron chi connectivity index (χ3n) is 2.43. The van der Waals surface area contributed by atoms with Crippen molar-refractivity contribution in [3.8, 4) is 5.75 Å². The number of nitrogens with two attached hydrogens (primary N) is 1. The van der Waals surface area contributed by atoms with E-state index in [2.05, 4.69) is 15.3 Å². The van der Waals surface area contributed by atoms with Crippen LogP contribution in [0.1, 0.15) is 5.69 Å². The van der Waals surface area contributed by atoms with E-state index in [9.17, 15) is 4.39 Å². The molecule has 0 spiro atoms. The van der Waals surface area contributed by atoms with Crippen LogP contribution in [-0.4, -0.2) is 17.1 Å². The summed E-state index contributed by atoms with van der Waals surface area (Å²) in [6.07, 6.45) is 3.12. The van der Waals surface area contributed by atoms with Crippen LogP contribution in [0.15, 0.2) is 30.7 Å². The third kappa shape index (κ3) is 2.65. The maximum atomic E-state index is 13.3. The molecule has 0 aliphatic carbocycles. The molecular weight excluding hydrogens is 235 g/mol. The fraction of sp³-hybridized carbons (Fsp3) is 0.167. The number of nitrogens with one attached hydrogen (secondary N) is 1. The molecule has 0 saturated heterocycles. The Balaban J connectivity index is 2.14. The average molecular weight is 248 g/mol. The summed E-state index contributed by atoms with van der Waals surface area (Å²) in [5.41, 5.74) is 7.46. The van der Waals surface area contributed by atoms with Gasteiger partial charge in [0.1, 0.15) is 6.33 Å². The maximum Gasteiger partial charge on any atom is 0.167 e. The zero-order valence-electron chi connectivity index (χ0n) is 9.85. The number of nitrogen functional groups attached to an aromatic ring is 1. The van der Waals surface area contributed by atoms with E-state index >= 15 is 0 Å². The Bertz CT molecular complexity index is 533. The Kier molecular flexibility index (Phi) is 3.57. The Hall–Kier alpha value is -2.37. The van der Waals surface area contributed by atoms with Gasteiger partial charge in [-0.2, -0.15) is 0 Å². The van der Waals surface area contributed by atoms with Crippen molar-refractivity contribution in [3.05, 3.63) is 42.2 Å². The summed E-state index contributed by atoms with van der Waals surface area (Å²) in [5, 5.41) is 3.07. The predicted octanol–water partition coefficient (Wildman–Crippen LogP) is 1.82. The molecule has 3 N–H and O–H groups in total. The van der Waals surface area contributed by atoms with E-state index in [-0.39, 0.29) is 5.75 Å². The standard InChI is InChI=1S/C12H13FN4O/c1-18-12-5-11(10(14)4-9(12)13)16-6-8-2-3-15-7-17-8/h2-5,7,16H,6,14H2,1H3. The van der Waals surface area contributed by atoms with Crippen molar-refractivity contribution < 1.29 is 9.13 Å². The van der Waals surface area contributed by atoms with Crippen molar-refractivity contribution in [3.63, 3.8) is 0 Å². The van der Waals surface area contributed by atoms with Crippen LogP contribution in [0.5, 0.6) is 5.75 Å². The summed E-state index contributed by atoms with van der Waals surface area (Å²) < 4.78 is 18.2. The molecule has 0 bridgehead atoms. The minimum atomic E-state index is -0.484. The summed E-state index contributed by atoms with van der Waals surface area (Å²) in [6.45, 7) is 0.474. The van der Waals surface area contributed by atoms with E-state index in [1.54, 1.807) is 12.3 Å². The van der Waals surface area contributed by atoms with Crippen LogP contribution in [0.2, 0.25) is 0 Å². The number of benzene rings is 1. The normalized spacial score (nSPS) is 10.1. The van der Waals surface area contributed by atoms with Gasteiger partial charge < -0.3 is 15.8 Å². The molecule has 0 fully saturated rings. The van der Waals surface area contributed by atoms with E-state index in [1.807, 2.05) is 0 Å². The highest BCUT2D eigenvalue weighted by atomic mass is 19.1. The monoisotopic (exact) mass is 248 g/mol. The van der Waals surface area contributed by atoms with Gasteiger partial charge >= 0.3 is 0 Å². The van der Waals surface area contributed by atoms with Crippen LogP contribution >= 0.6 is 0 Å². The molecule has 0 atom stereocenters. The first-order chi connectivity index (χ1) is 8.70. The van der Waals surface area contributed by atoms with Gasteiger partial charge in [-0.15, -0.1) is 0 Å². The number of ether oxygens (including phenoxy) is 1. The molecule has 0 unspecified atom stereocenters. The molecule has 2 aromatic rings. The van der Waals surface area contributed by atoms with Crippen LogP contribution in [0, 0.1) is 5.82 Å². The fourth-order valence-corrected chi connectivity index (χ4v) is 1.49. The van der Waals surface area contributed by atoms with E-state index in [0.717, 1.165) is 5.69 Å². The molecule has 18 heavy (non-hydrogen) atoms. The lowest BCUT2D eigenvalue weighted by molar-refractivity contribution is 0.387. The number of hydrogen-bond donors (Lipinski definition) is 2. The number of hydrogen-bond acceptors (Lipinski definition) is 5. The van der Waals surface area contributed by atoms with Crippen molar-refractivity contribution in [1.29, 1.82) is 0 Å². The molecular formula is C12H13FN4O. The molecule has 5 nitrogen and oxygen atoms in total. The first-order valence-corrected chi connectivity index (χ1v) is 5.32. The Morgan fingerprint density at radius 3 is 2.94 bits per heavy atom. The number of anilines is 2. The Morgan fingerprint density at radius 2 is 2.28 bits per heavy atom. The van der Waals surface area contributed by atoms with Crippen LogP contribution in [0.25, 0.3) is 0 Å². The molecule has 0 saturated carbocycles. The van der Waals surface area contributed by atoms with Gasteiger partial charge in [-0.3, -0.25) is 0 Å². The summed E-state index contributed by atoms with van der Waals surface area (Å²) in [4.78, 5) is 7.89. The van der Waals surface area contributed by atoms with Gasteiger partial charge in [0.05, 0.1) is 30.7 Å². The van der Waals surface area contributed by atoms with Gasteiger partial charge in [0.15, 0.2) is 11.6 Å². The van der Waals surface area contributed by atoms with Crippen molar-refractivity contribution in [2.75, 3.05) is 18.2 Å². The zero-order chi connectivity index (χ0) is 13.0. The van der Waals surface area contributed by atoms with Gasteiger partial charge in [0.25, 0.3) is 0 Å². The summed E-state index contributed by atoms with van der Waals surface area (Å²) in [5.74, 6) is -0.336. The van der Waals surface area contributed by atoms with Crippen LogP contribution in [-0.2, 0) is 6.54 Å². The topological polar surface area (TPSA) is 73.1 Å². The zero-order valence-corrected chi connectivity index (χ0v) is 9.85. The number of halogens is 1. The highest BCUT2D eigenvalue weighted by Gasteiger charge is 2.08. The van der Waals surface area contributed by atoms with Gasteiger partial charge in [-0.05, 0) is 6.07 Å². The predicted molar refractivity (Wildman–Crippen MR) is 66.7 cm³/mol. The number of methoxy groups -OCH3 is 1. The lowest BCUT2D eigenvalue weighted by atomic mass is 10.2. The first kappa shape index (κ1) is 12.1. The second kappa shape index (κ2) is 5.31. The van der Waals surface area contributed by atoms with Gasteiger partial charge in [-0.1, -0.05) is 0 Å². The van der Waals surface area contributed by atoms with Crippen molar-refractivity contribution >= 4 is 11.4 Å². The van der Waals surface area contributed by atoms with Gasteiger partial charge in [-0.25, -0.2) is 14.4 Å². The molecule has 1 aromatic heterocycles. The molecule has 0 aliphatic heterocycles. The van der Waals surface area contributed by atoms with E-state index in [1.165, 1.54) is 25.6 Å². The smallest absolute Gasteiger partial charge is 0.167 e. The highest BCUT2D eigenvalue weighted by Crippen LogP contribution is 2.28. The number of nitrogens with zero attached hydrogens (tertiary/aromatic N) is 2. The van der Waals surface area contributed by atoms with Crippen molar-refractivity contribution in [2.24, 2.45) is 0 Å². The minimum absolute atomic E-state index is 0.148. The van der Waals surface area contributed by atoms with Gasteiger partial charge in [0.2, 0.25) is 0 Å². The Morgan fingerprint density at radius 1 is 1.44 bits per heavy atom. The van der Waals surface area contributed by atoms with Crippen LogP contribution in [0.4, 0.5) is 15.8 Å². The van der Waals surface area contributed by atoms with E-state index in [0.29, 0.717) is 17.9 Å². The van der Waals surface area contributed by atoms with Gasteiger partial charge in [0, 0.05) is 18.3 Å². The quantitative estimate of drug-likeness (QED) is 0.807. The summed E-state index contributed by atoms with van der Waals surface area (Å²) in [7, 11) is 1.41. The molecule has 2 rings (SSSR count). The SMILES string of the molecule is COc1cc(NCc2ccncn2)c(N)cc1F. The molecule has 0 amide bonds. The highest BCUT2D eigenvalue weighted by molar-refractivity contribution is 5.68. The summed E-state index contributed by atoms with van der Waals surface area (Å²) in [6, 6.07) is 4.52. The fourth-order valence-electron chi connectivity index (χ4n) is 1.49. The first-order valence-electron chi connectivity index (χ1n) is 5.32. The lowest BCUT2D eigenvalue weighted by Crippen LogP contribution is -2.05. The maximum absolute atomic E-state index is 13.3. The lowest BCUT2D eigenvalue weighted by Gasteiger charge is -2.11. The molecule has 94 valence electrons. The second-order valence-electron chi connectivity index (χ2n) is 3.63. The Labute approximate surface area is 104 Å². The molecule has 6 heteroatoms. The van der Waals surface area contributed by atoms with Crippen molar-refractivity contribution in [2.45, 2.75) is 6.54 Å². The van der Waals surface area contributed by atoms with Crippen LogP contribution < -0.4 is 15.8 Å². The van der Waals surface area contributed by atoms with Crippen LogP contribution in [0.3, 0.4) is 0 Å². The minimum Gasteiger partial charge on any atom is -0.494 e. The molecule has 1 heterocycles. The number of rotatable bonds is 4.